The highest BCUT2D eigenvalue weighted by Gasteiger charge is 2.29. The number of hydrogen-bond acceptors (Lipinski definition) is 2. The number of benzene rings is 2. The quantitative estimate of drug-likeness (QED) is 0.881. The number of nitrogens with two attached hydrogens (primary N) is 1. The Hall–Kier alpha value is -2.29. The maximum atomic E-state index is 12.7. The zero-order chi connectivity index (χ0) is 15.5. The molecule has 1 unspecified atom stereocenters. The van der Waals surface area contributed by atoms with Crippen molar-refractivity contribution in [1.82, 2.24) is 4.90 Å². The summed E-state index contributed by atoms with van der Waals surface area (Å²) in [5.74, 6) is 0.203. The molecular weight excluding hydrogens is 272 g/mol. The summed E-state index contributed by atoms with van der Waals surface area (Å²) in [5, 5.41) is 0. The molecule has 114 valence electrons. The van der Waals surface area contributed by atoms with E-state index in [4.69, 9.17) is 5.73 Å². The predicted octanol–water partition coefficient (Wildman–Crippen LogP) is 3.48. The van der Waals surface area contributed by atoms with Gasteiger partial charge in [-0.1, -0.05) is 42.0 Å². The number of amides is 1. The molecule has 1 aliphatic heterocycles. The Morgan fingerprint density at radius 1 is 1.23 bits per heavy atom. The zero-order valence-electron chi connectivity index (χ0n) is 13.0. The molecule has 1 atom stereocenters. The molecule has 0 radical (unpaired) electrons. The first kappa shape index (κ1) is 14.6. The van der Waals surface area contributed by atoms with Gasteiger partial charge < -0.3 is 10.6 Å². The predicted molar refractivity (Wildman–Crippen MR) is 89.4 cm³/mol. The Bertz CT molecular complexity index is 663. The molecule has 0 bridgehead atoms. The molecule has 0 saturated carbocycles. The van der Waals surface area contributed by atoms with E-state index >= 15 is 0 Å². The lowest BCUT2D eigenvalue weighted by Gasteiger charge is -2.25. The monoisotopic (exact) mass is 294 g/mol. The van der Waals surface area contributed by atoms with Crippen molar-refractivity contribution in [2.75, 3.05) is 12.3 Å². The Balaban J connectivity index is 1.75. The lowest BCUT2D eigenvalue weighted by atomic mass is 10.0. The lowest BCUT2D eigenvalue weighted by molar-refractivity contribution is -0.131. The van der Waals surface area contributed by atoms with Gasteiger partial charge in [0.25, 0.3) is 0 Å². The number of likely N-dealkylation sites (tertiary alicyclic amines) is 1. The molecule has 3 heteroatoms. The Labute approximate surface area is 131 Å². The number of nitrogen functional groups attached to an aromatic ring is 1. The fraction of sp³-hybridized carbons (Fsp3) is 0.316. The Morgan fingerprint density at radius 2 is 2.00 bits per heavy atom. The number of rotatable bonds is 3. The van der Waals surface area contributed by atoms with Crippen LogP contribution in [0, 0.1) is 6.92 Å². The average molecular weight is 294 g/mol. The van der Waals surface area contributed by atoms with Crippen molar-refractivity contribution in [1.29, 1.82) is 0 Å². The van der Waals surface area contributed by atoms with Gasteiger partial charge in [0.1, 0.15) is 0 Å². The van der Waals surface area contributed by atoms with Gasteiger partial charge in [-0.3, -0.25) is 4.79 Å². The van der Waals surface area contributed by atoms with Crippen molar-refractivity contribution in [3.8, 4) is 0 Å². The Kier molecular flexibility index (Phi) is 4.14. The van der Waals surface area contributed by atoms with Crippen molar-refractivity contribution in [2.45, 2.75) is 32.2 Å². The molecule has 1 heterocycles. The van der Waals surface area contributed by atoms with Crippen LogP contribution in [0.1, 0.15) is 35.6 Å². The summed E-state index contributed by atoms with van der Waals surface area (Å²) < 4.78 is 0. The summed E-state index contributed by atoms with van der Waals surface area (Å²) >= 11 is 0. The largest absolute Gasteiger partial charge is 0.399 e. The SMILES string of the molecule is Cc1cccc(C2CCCN2C(=O)Cc2ccc(N)cc2)c1. The first-order chi connectivity index (χ1) is 10.6. The highest BCUT2D eigenvalue weighted by Crippen LogP contribution is 2.32. The maximum Gasteiger partial charge on any atom is 0.227 e. The number of anilines is 1. The van der Waals surface area contributed by atoms with E-state index in [0.29, 0.717) is 6.42 Å². The van der Waals surface area contributed by atoms with Gasteiger partial charge in [-0.05, 0) is 43.0 Å². The van der Waals surface area contributed by atoms with E-state index in [2.05, 4.69) is 31.2 Å². The second kappa shape index (κ2) is 6.22. The molecule has 3 rings (SSSR count). The van der Waals surface area contributed by atoms with Crippen molar-refractivity contribution < 1.29 is 4.79 Å². The summed E-state index contributed by atoms with van der Waals surface area (Å²) in [6.45, 7) is 2.95. The third kappa shape index (κ3) is 3.14. The summed E-state index contributed by atoms with van der Waals surface area (Å²) in [6.07, 6.45) is 2.58. The molecule has 0 aromatic heterocycles. The molecule has 1 saturated heterocycles. The summed E-state index contributed by atoms with van der Waals surface area (Å²) in [5.41, 5.74) is 9.95. The van der Waals surface area contributed by atoms with E-state index < -0.39 is 0 Å². The van der Waals surface area contributed by atoms with Crippen LogP contribution in [-0.2, 0) is 11.2 Å². The minimum absolute atomic E-state index is 0.203. The molecular formula is C19H22N2O. The smallest absolute Gasteiger partial charge is 0.227 e. The minimum Gasteiger partial charge on any atom is -0.399 e. The van der Waals surface area contributed by atoms with Crippen molar-refractivity contribution in [3.05, 3.63) is 65.2 Å². The molecule has 2 aromatic carbocycles. The van der Waals surface area contributed by atoms with Gasteiger partial charge in [0.05, 0.1) is 12.5 Å². The van der Waals surface area contributed by atoms with Crippen LogP contribution in [0.4, 0.5) is 5.69 Å². The highest BCUT2D eigenvalue weighted by atomic mass is 16.2. The van der Waals surface area contributed by atoms with E-state index in [9.17, 15) is 4.79 Å². The van der Waals surface area contributed by atoms with Gasteiger partial charge in [0.2, 0.25) is 5.91 Å². The molecule has 22 heavy (non-hydrogen) atoms. The van der Waals surface area contributed by atoms with Crippen LogP contribution < -0.4 is 5.73 Å². The lowest BCUT2D eigenvalue weighted by Crippen LogP contribution is -2.31. The Morgan fingerprint density at radius 3 is 2.73 bits per heavy atom. The average Bonchev–Trinajstić information content (AvgIpc) is 2.99. The third-order valence-electron chi connectivity index (χ3n) is 4.34. The fourth-order valence-electron chi connectivity index (χ4n) is 3.20. The molecule has 0 spiro atoms. The molecule has 3 nitrogen and oxygen atoms in total. The number of aryl methyl sites for hydroxylation is 1. The van der Waals surface area contributed by atoms with E-state index in [1.807, 2.05) is 29.2 Å². The van der Waals surface area contributed by atoms with E-state index in [-0.39, 0.29) is 11.9 Å². The van der Waals surface area contributed by atoms with Crippen LogP contribution >= 0.6 is 0 Å². The second-order valence-electron chi connectivity index (χ2n) is 6.08. The van der Waals surface area contributed by atoms with Gasteiger partial charge in [-0.25, -0.2) is 0 Å². The topological polar surface area (TPSA) is 46.3 Å². The van der Waals surface area contributed by atoms with Crippen molar-refractivity contribution >= 4 is 11.6 Å². The number of hydrogen-bond donors (Lipinski definition) is 1. The van der Waals surface area contributed by atoms with Crippen molar-refractivity contribution in [2.24, 2.45) is 0 Å². The van der Waals surface area contributed by atoms with E-state index in [1.165, 1.54) is 11.1 Å². The minimum atomic E-state index is 0.203. The maximum absolute atomic E-state index is 12.7. The van der Waals surface area contributed by atoms with Gasteiger partial charge in [0, 0.05) is 12.2 Å². The van der Waals surface area contributed by atoms with Gasteiger partial charge in [-0.15, -0.1) is 0 Å². The third-order valence-corrected chi connectivity index (χ3v) is 4.34. The standard InChI is InChI=1S/C19H22N2O/c1-14-4-2-5-16(12-14)18-6-3-11-21(18)19(22)13-15-7-9-17(20)10-8-15/h2,4-5,7-10,12,18H,3,6,11,13,20H2,1H3. The van der Waals surface area contributed by atoms with Gasteiger partial charge >= 0.3 is 0 Å². The summed E-state index contributed by atoms with van der Waals surface area (Å²) in [6, 6.07) is 16.3. The molecule has 0 aliphatic carbocycles. The molecule has 1 amide bonds. The van der Waals surface area contributed by atoms with Gasteiger partial charge in [-0.2, -0.15) is 0 Å². The molecule has 1 fully saturated rings. The molecule has 1 aliphatic rings. The van der Waals surface area contributed by atoms with Crippen LogP contribution in [0.5, 0.6) is 0 Å². The second-order valence-corrected chi connectivity index (χ2v) is 6.08. The number of carbonyl (C=O) groups excluding carboxylic acids is 1. The van der Waals surface area contributed by atoms with Crippen LogP contribution in [0.2, 0.25) is 0 Å². The number of carbonyl (C=O) groups is 1. The van der Waals surface area contributed by atoms with E-state index in [0.717, 1.165) is 30.6 Å². The van der Waals surface area contributed by atoms with Crippen molar-refractivity contribution in [3.63, 3.8) is 0 Å². The summed E-state index contributed by atoms with van der Waals surface area (Å²) in [7, 11) is 0. The van der Waals surface area contributed by atoms with Crippen LogP contribution in [0.25, 0.3) is 0 Å². The molecule has 2 N–H and O–H groups in total. The fourth-order valence-corrected chi connectivity index (χ4v) is 3.20. The zero-order valence-corrected chi connectivity index (χ0v) is 13.0. The first-order valence-electron chi connectivity index (χ1n) is 7.84. The normalized spacial score (nSPS) is 17.7. The van der Waals surface area contributed by atoms with Crippen LogP contribution in [-0.4, -0.2) is 17.4 Å². The van der Waals surface area contributed by atoms with Gasteiger partial charge in [0.15, 0.2) is 0 Å². The first-order valence-corrected chi connectivity index (χ1v) is 7.84. The summed E-state index contributed by atoms with van der Waals surface area (Å²) in [4.78, 5) is 14.7. The highest BCUT2D eigenvalue weighted by molar-refractivity contribution is 5.79. The molecule has 2 aromatic rings. The van der Waals surface area contributed by atoms with Crippen LogP contribution in [0.3, 0.4) is 0 Å². The van der Waals surface area contributed by atoms with E-state index in [1.54, 1.807) is 0 Å². The van der Waals surface area contributed by atoms with Crippen LogP contribution in [0.15, 0.2) is 48.5 Å². The number of nitrogens with zero attached hydrogens (tertiary/aromatic N) is 1.